The van der Waals surface area contributed by atoms with Crippen molar-refractivity contribution in [3.05, 3.63) is 29.8 Å². The van der Waals surface area contributed by atoms with Crippen LogP contribution in [0.4, 0.5) is 8.78 Å². The van der Waals surface area contributed by atoms with Gasteiger partial charge >= 0.3 is 6.61 Å². The molecule has 1 aromatic rings. The van der Waals surface area contributed by atoms with Crippen LogP contribution in [0.15, 0.2) is 29.4 Å². The van der Waals surface area contributed by atoms with E-state index in [4.69, 9.17) is 12.2 Å². The van der Waals surface area contributed by atoms with E-state index < -0.39 is 6.61 Å². The van der Waals surface area contributed by atoms with Crippen LogP contribution in [0.2, 0.25) is 0 Å². The van der Waals surface area contributed by atoms with Gasteiger partial charge in [0.25, 0.3) is 0 Å². The zero-order valence-corrected chi connectivity index (χ0v) is 11.4. The predicted molar refractivity (Wildman–Crippen MR) is 74.7 cm³/mol. The molecule has 0 spiro atoms. The minimum atomic E-state index is -2.82. The summed E-state index contributed by atoms with van der Waals surface area (Å²) < 4.78 is 28.1. The fraction of sp³-hybridized carbons (Fsp3) is 0.333. The van der Waals surface area contributed by atoms with Gasteiger partial charge in [-0.2, -0.15) is 13.9 Å². The summed E-state index contributed by atoms with van der Waals surface area (Å²) in [6.07, 6.45) is 1.53. The number of hydrogen-bond acceptors (Lipinski definition) is 3. The molecule has 104 valence electrons. The summed E-state index contributed by atoms with van der Waals surface area (Å²) >= 11 is 4.97. The number of nitrogens with one attached hydrogen (secondary N) is 2. The molecular weight excluding hydrogens is 272 g/mol. The highest BCUT2D eigenvalue weighted by Gasteiger charge is 2.02. The fourth-order valence-corrected chi connectivity index (χ4v) is 1.48. The lowest BCUT2D eigenvalue weighted by atomic mass is 10.2. The molecule has 0 aliphatic rings. The number of halogens is 2. The molecule has 2 N–H and O–H groups in total. The van der Waals surface area contributed by atoms with E-state index >= 15 is 0 Å². The van der Waals surface area contributed by atoms with Crippen LogP contribution >= 0.6 is 12.2 Å². The first kappa shape index (κ1) is 15.3. The molecule has 0 unspecified atom stereocenters. The van der Waals surface area contributed by atoms with E-state index in [1.54, 1.807) is 12.1 Å². The Morgan fingerprint density at radius 2 is 1.95 bits per heavy atom. The van der Waals surface area contributed by atoms with Gasteiger partial charge in [0.2, 0.25) is 0 Å². The molecule has 4 nitrogen and oxygen atoms in total. The van der Waals surface area contributed by atoms with Crippen molar-refractivity contribution in [1.82, 2.24) is 10.7 Å². The third-order valence-electron chi connectivity index (χ3n) is 1.90. The number of alkyl halides is 2. The highest BCUT2D eigenvalue weighted by Crippen LogP contribution is 2.13. The number of ether oxygens (including phenoxy) is 1. The standard InChI is InChI=1S/C12H15F2N3OS/c1-8(2)16-12(19)17-15-7-9-3-5-10(6-4-9)18-11(13)14/h3-8,11H,1-2H3,(H2,16,17,19)/b15-7-. The molecule has 0 radical (unpaired) electrons. The van der Waals surface area contributed by atoms with Gasteiger partial charge in [0.05, 0.1) is 6.21 Å². The zero-order valence-electron chi connectivity index (χ0n) is 10.6. The van der Waals surface area contributed by atoms with Gasteiger partial charge in [0.15, 0.2) is 5.11 Å². The highest BCUT2D eigenvalue weighted by atomic mass is 32.1. The Labute approximate surface area is 115 Å². The molecule has 19 heavy (non-hydrogen) atoms. The normalized spacial score (nSPS) is 11.1. The topological polar surface area (TPSA) is 45.7 Å². The van der Waals surface area contributed by atoms with Gasteiger partial charge in [0.1, 0.15) is 5.75 Å². The molecule has 0 atom stereocenters. The Balaban J connectivity index is 2.46. The largest absolute Gasteiger partial charge is 0.435 e. The monoisotopic (exact) mass is 287 g/mol. The summed E-state index contributed by atoms with van der Waals surface area (Å²) in [6.45, 7) is 1.10. The average molecular weight is 287 g/mol. The molecule has 0 saturated carbocycles. The van der Waals surface area contributed by atoms with Gasteiger partial charge in [-0.25, -0.2) is 0 Å². The average Bonchev–Trinajstić information content (AvgIpc) is 2.29. The van der Waals surface area contributed by atoms with E-state index in [9.17, 15) is 8.78 Å². The van der Waals surface area contributed by atoms with E-state index in [0.717, 1.165) is 5.56 Å². The van der Waals surface area contributed by atoms with Crippen molar-refractivity contribution in [2.24, 2.45) is 5.10 Å². The van der Waals surface area contributed by atoms with Crippen molar-refractivity contribution >= 4 is 23.5 Å². The van der Waals surface area contributed by atoms with Crippen LogP contribution in [0.3, 0.4) is 0 Å². The number of benzene rings is 1. The molecule has 0 aliphatic carbocycles. The number of hydrogen-bond donors (Lipinski definition) is 2. The number of hydrazone groups is 1. The van der Waals surface area contributed by atoms with E-state index in [1.807, 2.05) is 13.8 Å². The predicted octanol–water partition coefficient (Wildman–Crippen LogP) is 2.49. The van der Waals surface area contributed by atoms with Crippen LogP contribution in [0.1, 0.15) is 19.4 Å². The Hall–Kier alpha value is -1.76. The molecule has 0 aliphatic heterocycles. The van der Waals surface area contributed by atoms with Crippen molar-refractivity contribution in [3.63, 3.8) is 0 Å². The molecule has 0 aromatic heterocycles. The van der Waals surface area contributed by atoms with Gasteiger partial charge in [-0.05, 0) is 55.9 Å². The van der Waals surface area contributed by atoms with Crippen molar-refractivity contribution in [3.8, 4) is 5.75 Å². The summed E-state index contributed by atoms with van der Waals surface area (Å²) in [5.41, 5.74) is 3.39. The third kappa shape index (κ3) is 6.66. The van der Waals surface area contributed by atoms with Crippen LogP contribution in [0, 0.1) is 0 Å². The van der Waals surface area contributed by atoms with Crippen molar-refractivity contribution in [2.45, 2.75) is 26.5 Å². The zero-order chi connectivity index (χ0) is 14.3. The first-order valence-electron chi connectivity index (χ1n) is 5.62. The van der Waals surface area contributed by atoms with Crippen LogP contribution < -0.4 is 15.5 Å². The molecule has 1 aromatic carbocycles. The van der Waals surface area contributed by atoms with Gasteiger partial charge in [-0.1, -0.05) is 0 Å². The van der Waals surface area contributed by atoms with Crippen molar-refractivity contribution in [2.75, 3.05) is 0 Å². The molecule has 0 bridgehead atoms. The lowest BCUT2D eigenvalue weighted by Gasteiger charge is -2.09. The number of thiocarbonyl (C=S) groups is 1. The summed E-state index contributed by atoms with van der Waals surface area (Å²) in [5.74, 6) is 0.108. The van der Waals surface area contributed by atoms with Gasteiger partial charge in [0, 0.05) is 6.04 Å². The first-order chi connectivity index (χ1) is 8.97. The lowest BCUT2D eigenvalue weighted by molar-refractivity contribution is -0.0498. The van der Waals surface area contributed by atoms with E-state index in [0.29, 0.717) is 5.11 Å². The fourth-order valence-electron chi connectivity index (χ4n) is 1.20. The maximum Gasteiger partial charge on any atom is 0.387 e. The molecule has 0 fully saturated rings. The summed E-state index contributed by atoms with van der Waals surface area (Å²) in [4.78, 5) is 0. The van der Waals surface area contributed by atoms with Gasteiger partial charge in [-0.3, -0.25) is 5.43 Å². The SMILES string of the molecule is CC(C)NC(=S)N/N=C\c1ccc(OC(F)F)cc1. The quantitative estimate of drug-likeness (QED) is 0.496. The summed E-state index contributed by atoms with van der Waals surface area (Å²) in [5, 5.41) is 7.30. The van der Waals surface area contributed by atoms with Crippen LogP contribution in [-0.2, 0) is 0 Å². The van der Waals surface area contributed by atoms with Gasteiger partial charge < -0.3 is 10.1 Å². The summed E-state index contributed by atoms with van der Waals surface area (Å²) in [7, 11) is 0. The molecule has 0 heterocycles. The number of nitrogens with zero attached hydrogens (tertiary/aromatic N) is 1. The molecule has 0 amide bonds. The highest BCUT2D eigenvalue weighted by molar-refractivity contribution is 7.80. The third-order valence-corrected chi connectivity index (χ3v) is 2.11. The Kier molecular flexibility index (Phi) is 6.14. The maximum absolute atomic E-state index is 11.9. The van der Waals surface area contributed by atoms with Crippen LogP contribution in [0.25, 0.3) is 0 Å². The number of rotatable bonds is 5. The first-order valence-corrected chi connectivity index (χ1v) is 6.02. The Morgan fingerprint density at radius 1 is 1.32 bits per heavy atom. The maximum atomic E-state index is 11.9. The smallest absolute Gasteiger partial charge is 0.387 e. The van der Waals surface area contributed by atoms with E-state index in [1.165, 1.54) is 18.3 Å². The molecule has 0 saturated heterocycles. The molecule has 1 rings (SSSR count). The second-order valence-corrected chi connectivity index (χ2v) is 4.35. The lowest BCUT2D eigenvalue weighted by Crippen LogP contribution is -2.36. The van der Waals surface area contributed by atoms with Crippen molar-refractivity contribution in [1.29, 1.82) is 0 Å². The van der Waals surface area contributed by atoms with Gasteiger partial charge in [-0.15, -0.1) is 0 Å². The molecular formula is C12H15F2N3OS. The molecule has 7 heteroatoms. The Bertz CT molecular complexity index is 435. The second-order valence-electron chi connectivity index (χ2n) is 3.95. The van der Waals surface area contributed by atoms with Crippen LogP contribution in [0.5, 0.6) is 5.75 Å². The second kappa shape index (κ2) is 7.63. The van der Waals surface area contributed by atoms with Crippen LogP contribution in [-0.4, -0.2) is 24.0 Å². The minimum absolute atomic E-state index is 0.108. The summed E-state index contributed by atoms with van der Waals surface area (Å²) in [6, 6.07) is 6.33. The van der Waals surface area contributed by atoms with E-state index in [-0.39, 0.29) is 11.8 Å². The van der Waals surface area contributed by atoms with Crippen molar-refractivity contribution < 1.29 is 13.5 Å². The van der Waals surface area contributed by atoms with E-state index in [2.05, 4.69) is 20.6 Å². The minimum Gasteiger partial charge on any atom is -0.435 e. The Morgan fingerprint density at radius 3 is 2.47 bits per heavy atom.